The summed E-state index contributed by atoms with van der Waals surface area (Å²) in [7, 11) is 0. The number of anilines is 2. The molecule has 0 saturated heterocycles. The van der Waals surface area contributed by atoms with Crippen molar-refractivity contribution in [3.63, 3.8) is 0 Å². The summed E-state index contributed by atoms with van der Waals surface area (Å²) in [5, 5.41) is 20.0. The quantitative estimate of drug-likeness (QED) is 0.602. The average molecular weight is 389 g/mol. The zero-order chi connectivity index (χ0) is 20.2. The molecule has 0 bridgehead atoms. The molecule has 0 fully saturated rings. The Hall–Kier alpha value is -3.45. The fourth-order valence-corrected chi connectivity index (χ4v) is 3.50. The smallest absolute Gasteiger partial charge is 0.255 e. The lowest BCUT2D eigenvalue weighted by Gasteiger charge is -2.28. The maximum atomic E-state index is 13.2. The molecule has 3 N–H and O–H groups in total. The number of carbonyl (C=O) groups excluding carboxylic acids is 1. The molecule has 0 saturated carbocycles. The van der Waals surface area contributed by atoms with Gasteiger partial charge >= 0.3 is 0 Å². The van der Waals surface area contributed by atoms with Gasteiger partial charge in [0.2, 0.25) is 5.95 Å². The van der Waals surface area contributed by atoms with Crippen molar-refractivity contribution in [2.75, 3.05) is 17.2 Å². The van der Waals surface area contributed by atoms with E-state index in [-0.39, 0.29) is 12.5 Å². The van der Waals surface area contributed by atoms with E-state index in [0.717, 1.165) is 16.9 Å². The molecule has 0 radical (unpaired) electrons. The normalized spacial score (nSPS) is 15.6. The molecular weight excluding hydrogens is 366 g/mol. The zero-order valence-electron chi connectivity index (χ0n) is 16.2. The maximum absolute atomic E-state index is 13.2. The maximum Gasteiger partial charge on any atom is 0.255 e. The van der Waals surface area contributed by atoms with E-state index in [1.165, 1.54) is 0 Å². The third kappa shape index (κ3) is 3.90. The number of aromatic nitrogens is 3. The standard InChI is InChI=1S/C22H23N5O2/c1-15-19(21(29)24-17-11-6-3-7-12-17)20(16-9-4-2-5-10-16)27-22(23-15)25-18(26-27)13-8-14-28/h2-7,9-12,20,28H,8,13-14H2,1H3,(H,24,29)(H,23,25,26). The number of amides is 1. The SMILES string of the molecule is CC1=C(C(=O)Nc2ccccc2)C(c2ccccc2)n2nc(CCCO)nc2N1. The second kappa shape index (κ2) is 8.28. The van der Waals surface area contributed by atoms with Crippen LogP contribution < -0.4 is 10.6 Å². The molecule has 1 unspecified atom stereocenters. The lowest BCUT2D eigenvalue weighted by molar-refractivity contribution is -0.113. The molecule has 1 amide bonds. The number of hydrogen-bond acceptors (Lipinski definition) is 5. The van der Waals surface area contributed by atoms with Gasteiger partial charge in [-0.2, -0.15) is 10.1 Å². The molecule has 4 rings (SSSR count). The minimum absolute atomic E-state index is 0.0847. The molecule has 2 aromatic carbocycles. The van der Waals surface area contributed by atoms with Crippen molar-refractivity contribution in [2.24, 2.45) is 0 Å². The van der Waals surface area contributed by atoms with Crippen molar-refractivity contribution in [2.45, 2.75) is 25.8 Å². The van der Waals surface area contributed by atoms with Gasteiger partial charge in [0, 0.05) is 24.4 Å². The van der Waals surface area contributed by atoms with Crippen LogP contribution in [0.1, 0.15) is 30.8 Å². The monoisotopic (exact) mass is 389 g/mol. The number of carbonyl (C=O) groups is 1. The molecule has 7 heteroatoms. The topological polar surface area (TPSA) is 92.1 Å². The van der Waals surface area contributed by atoms with Crippen molar-refractivity contribution in [3.05, 3.63) is 83.3 Å². The summed E-state index contributed by atoms with van der Waals surface area (Å²) in [6, 6.07) is 18.8. The van der Waals surface area contributed by atoms with Gasteiger partial charge in [-0.15, -0.1) is 0 Å². The summed E-state index contributed by atoms with van der Waals surface area (Å²) >= 11 is 0. The minimum Gasteiger partial charge on any atom is -0.396 e. The number of aryl methyl sites for hydroxylation is 1. The fourth-order valence-electron chi connectivity index (χ4n) is 3.50. The Labute approximate surface area is 169 Å². The molecule has 7 nitrogen and oxygen atoms in total. The van der Waals surface area contributed by atoms with Crippen LogP contribution in [0.5, 0.6) is 0 Å². The van der Waals surface area contributed by atoms with Crippen LogP contribution in [0.2, 0.25) is 0 Å². The number of rotatable bonds is 6. The molecule has 29 heavy (non-hydrogen) atoms. The van der Waals surface area contributed by atoms with Gasteiger partial charge in [0.15, 0.2) is 5.82 Å². The predicted molar refractivity (Wildman–Crippen MR) is 111 cm³/mol. The van der Waals surface area contributed by atoms with Gasteiger partial charge < -0.3 is 15.7 Å². The number of aliphatic hydroxyl groups is 1. The van der Waals surface area contributed by atoms with Gasteiger partial charge in [-0.3, -0.25) is 4.79 Å². The Morgan fingerprint density at radius 3 is 2.52 bits per heavy atom. The van der Waals surface area contributed by atoms with Gasteiger partial charge in [0.05, 0.1) is 5.57 Å². The summed E-state index contributed by atoms with van der Waals surface area (Å²) in [6.07, 6.45) is 1.16. The highest BCUT2D eigenvalue weighted by molar-refractivity contribution is 6.06. The number of benzene rings is 2. The highest BCUT2D eigenvalue weighted by Gasteiger charge is 2.34. The number of allylic oxidation sites excluding steroid dienone is 1. The van der Waals surface area contributed by atoms with E-state index in [9.17, 15) is 4.79 Å². The van der Waals surface area contributed by atoms with Crippen molar-refractivity contribution in [1.29, 1.82) is 0 Å². The second-order valence-electron chi connectivity index (χ2n) is 6.92. The minimum atomic E-state index is -0.397. The Bertz CT molecular complexity index is 1030. The van der Waals surface area contributed by atoms with Crippen LogP contribution in [0, 0.1) is 0 Å². The number of fused-ring (bicyclic) bond motifs is 1. The van der Waals surface area contributed by atoms with E-state index in [2.05, 4.69) is 20.7 Å². The van der Waals surface area contributed by atoms with E-state index in [4.69, 9.17) is 5.11 Å². The molecule has 1 aliphatic rings. The Balaban J connectivity index is 1.74. The number of nitrogens with zero attached hydrogens (tertiary/aromatic N) is 3. The van der Waals surface area contributed by atoms with E-state index in [0.29, 0.717) is 30.2 Å². The van der Waals surface area contributed by atoms with Crippen LogP contribution in [-0.4, -0.2) is 32.4 Å². The molecule has 1 aromatic heterocycles. The first-order chi connectivity index (χ1) is 14.2. The summed E-state index contributed by atoms with van der Waals surface area (Å²) in [4.78, 5) is 17.8. The van der Waals surface area contributed by atoms with Crippen LogP contribution in [0.3, 0.4) is 0 Å². The van der Waals surface area contributed by atoms with Gasteiger partial charge in [-0.1, -0.05) is 48.5 Å². The first kappa shape index (κ1) is 18.9. The average Bonchev–Trinajstić information content (AvgIpc) is 3.14. The van der Waals surface area contributed by atoms with Crippen molar-refractivity contribution < 1.29 is 9.90 Å². The number of para-hydroxylation sites is 1. The van der Waals surface area contributed by atoms with Gasteiger partial charge in [-0.25, -0.2) is 4.68 Å². The van der Waals surface area contributed by atoms with E-state index >= 15 is 0 Å². The fraction of sp³-hybridized carbons (Fsp3) is 0.227. The Morgan fingerprint density at radius 2 is 1.83 bits per heavy atom. The van der Waals surface area contributed by atoms with E-state index in [1.807, 2.05) is 67.6 Å². The molecular formula is C22H23N5O2. The molecule has 3 aromatic rings. The highest BCUT2D eigenvalue weighted by Crippen LogP contribution is 2.35. The number of nitrogens with one attached hydrogen (secondary N) is 2. The molecule has 0 spiro atoms. The molecule has 1 aliphatic heterocycles. The summed E-state index contributed by atoms with van der Waals surface area (Å²) < 4.78 is 1.76. The predicted octanol–water partition coefficient (Wildman–Crippen LogP) is 3.13. The summed E-state index contributed by atoms with van der Waals surface area (Å²) in [6.45, 7) is 1.96. The van der Waals surface area contributed by atoms with Crippen LogP contribution in [0.4, 0.5) is 11.6 Å². The Morgan fingerprint density at radius 1 is 1.14 bits per heavy atom. The van der Waals surface area contributed by atoms with Crippen molar-refractivity contribution in [3.8, 4) is 0 Å². The lowest BCUT2D eigenvalue weighted by atomic mass is 9.95. The first-order valence-electron chi connectivity index (χ1n) is 9.63. The van der Waals surface area contributed by atoms with Crippen molar-refractivity contribution in [1.82, 2.24) is 14.8 Å². The zero-order valence-corrected chi connectivity index (χ0v) is 16.2. The highest BCUT2D eigenvalue weighted by atomic mass is 16.3. The van der Waals surface area contributed by atoms with Gasteiger partial charge in [-0.05, 0) is 31.0 Å². The third-order valence-electron chi connectivity index (χ3n) is 4.85. The number of hydrogen-bond donors (Lipinski definition) is 3. The first-order valence-corrected chi connectivity index (χ1v) is 9.63. The van der Waals surface area contributed by atoms with E-state index < -0.39 is 6.04 Å². The molecule has 148 valence electrons. The lowest BCUT2D eigenvalue weighted by Crippen LogP contribution is -2.31. The van der Waals surface area contributed by atoms with E-state index in [1.54, 1.807) is 4.68 Å². The van der Waals surface area contributed by atoms with Crippen molar-refractivity contribution >= 4 is 17.5 Å². The summed E-state index contributed by atoms with van der Waals surface area (Å²) in [5.41, 5.74) is 3.01. The summed E-state index contributed by atoms with van der Waals surface area (Å²) in [5.74, 6) is 1.05. The van der Waals surface area contributed by atoms with Crippen LogP contribution >= 0.6 is 0 Å². The van der Waals surface area contributed by atoms with Crippen LogP contribution in [0.25, 0.3) is 0 Å². The largest absolute Gasteiger partial charge is 0.396 e. The molecule has 1 atom stereocenters. The molecule has 2 heterocycles. The van der Waals surface area contributed by atoms with Gasteiger partial charge in [0.25, 0.3) is 5.91 Å². The Kier molecular flexibility index (Phi) is 5.39. The number of aliphatic hydroxyl groups excluding tert-OH is 1. The van der Waals surface area contributed by atoms with Gasteiger partial charge in [0.1, 0.15) is 6.04 Å². The molecule has 0 aliphatic carbocycles. The van der Waals surface area contributed by atoms with Crippen LogP contribution in [0.15, 0.2) is 71.9 Å². The third-order valence-corrected chi connectivity index (χ3v) is 4.85. The second-order valence-corrected chi connectivity index (χ2v) is 6.92. The van der Waals surface area contributed by atoms with Crippen LogP contribution in [-0.2, 0) is 11.2 Å².